The molecular formula is C18H21N5O4. The molecule has 2 heterocycles. The monoisotopic (exact) mass is 371 g/mol. The number of nitrogens with one attached hydrogen (secondary N) is 1. The Kier molecular flexibility index (Phi) is 5.82. The van der Waals surface area contributed by atoms with Gasteiger partial charge < -0.3 is 15.2 Å². The highest BCUT2D eigenvalue weighted by Crippen LogP contribution is 2.25. The van der Waals surface area contributed by atoms with Crippen LogP contribution in [0.15, 0.2) is 47.7 Å². The smallest absolute Gasteiger partial charge is 0.328 e. The van der Waals surface area contributed by atoms with Crippen LogP contribution in [0, 0.1) is 0 Å². The van der Waals surface area contributed by atoms with Crippen LogP contribution in [-0.2, 0) is 20.9 Å². The minimum Gasteiger partial charge on any atom is -0.480 e. The number of carbonyl (C=O) groups is 2. The molecule has 27 heavy (non-hydrogen) atoms. The number of aliphatic carboxylic acids is 1. The number of aryl methyl sites for hydroxylation is 1. The molecule has 0 fully saturated rings. The van der Waals surface area contributed by atoms with Crippen molar-refractivity contribution in [2.45, 2.75) is 25.4 Å². The Bertz CT molecular complexity index is 833. The molecule has 9 heteroatoms. The van der Waals surface area contributed by atoms with E-state index in [9.17, 15) is 14.7 Å². The van der Waals surface area contributed by atoms with Crippen molar-refractivity contribution in [1.82, 2.24) is 9.78 Å². The van der Waals surface area contributed by atoms with Gasteiger partial charge in [0.1, 0.15) is 5.71 Å². The van der Waals surface area contributed by atoms with Crippen molar-refractivity contribution in [3.8, 4) is 0 Å². The number of carboxylic acids is 1. The number of aromatic nitrogens is 2. The third kappa shape index (κ3) is 4.50. The van der Waals surface area contributed by atoms with Crippen molar-refractivity contribution in [1.29, 1.82) is 0 Å². The fraction of sp³-hybridized carbons (Fsp3) is 0.333. The summed E-state index contributed by atoms with van der Waals surface area (Å²) in [7, 11) is 1.64. The zero-order valence-electron chi connectivity index (χ0n) is 14.9. The van der Waals surface area contributed by atoms with Crippen molar-refractivity contribution in [3.05, 3.63) is 42.6 Å². The van der Waals surface area contributed by atoms with E-state index in [1.54, 1.807) is 48.3 Å². The first kappa shape index (κ1) is 18.6. The first-order valence-corrected chi connectivity index (χ1v) is 8.57. The third-order valence-corrected chi connectivity index (χ3v) is 4.10. The number of amides is 1. The zero-order chi connectivity index (χ0) is 19.2. The number of rotatable bonds is 8. The lowest BCUT2D eigenvalue weighted by Gasteiger charge is -2.19. The van der Waals surface area contributed by atoms with Crippen LogP contribution in [0.3, 0.4) is 0 Å². The molecule has 1 aliphatic rings. The molecule has 1 aromatic heterocycles. The lowest BCUT2D eigenvalue weighted by Crippen LogP contribution is -2.34. The normalized spacial score (nSPS) is 16.3. The minimum absolute atomic E-state index is 0.0185. The Balaban J connectivity index is 1.68. The molecule has 142 valence electrons. The lowest BCUT2D eigenvalue weighted by molar-refractivity contribution is -0.138. The minimum atomic E-state index is -1.03. The van der Waals surface area contributed by atoms with Gasteiger partial charge in [-0.1, -0.05) is 18.2 Å². The molecule has 2 aromatic rings. The number of hydrazone groups is 1. The van der Waals surface area contributed by atoms with Crippen molar-refractivity contribution >= 4 is 29.1 Å². The Morgan fingerprint density at radius 2 is 2.07 bits per heavy atom. The summed E-state index contributed by atoms with van der Waals surface area (Å²) in [6.45, 7) is 1.30. The van der Waals surface area contributed by atoms with Gasteiger partial charge in [0.15, 0.2) is 11.9 Å². The first-order chi connectivity index (χ1) is 13.1. The first-order valence-electron chi connectivity index (χ1n) is 8.57. The van der Waals surface area contributed by atoms with Gasteiger partial charge in [-0.05, 0) is 18.6 Å². The summed E-state index contributed by atoms with van der Waals surface area (Å²) in [4.78, 5) is 24.1. The van der Waals surface area contributed by atoms with Gasteiger partial charge in [0.2, 0.25) is 0 Å². The number of hydrogen-bond donors (Lipinski definition) is 2. The summed E-state index contributed by atoms with van der Waals surface area (Å²) in [5.74, 6) is -1.10. The maximum absolute atomic E-state index is 12.5. The maximum atomic E-state index is 12.5. The molecule has 0 saturated heterocycles. The number of methoxy groups -OCH3 is 1. The van der Waals surface area contributed by atoms with Crippen LogP contribution in [0.5, 0.6) is 0 Å². The van der Waals surface area contributed by atoms with Crippen LogP contribution < -0.4 is 10.3 Å². The molecular weight excluding hydrogens is 350 g/mol. The molecule has 0 radical (unpaired) electrons. The SMILES string of the molecule is COCCCn1ccc(NC(=O)C2=NN(c3ccccc3)C(C(=O)O)C2)n1. The van der Waals surface area contributed by atoms with Crippen molar-refractivity contribution in [2.75, 3.05) is 24.0 Å². The zero-order valence-corrected chi connectivity index (χ0v) is 14.9. The number of benzene rings is 1. The fourth-order valence-electron chi connectivity index (χ4n) is 2.77. The highest BCUT2D eigenvalue weighted by Gasteiger charge is 2.36. The molecule has 0 saturated carbocycles. The van der Waals surface area contributed by atoms with E-state index in [4.69, 9.17) is 4.74 Å². The highest BCUT2D eigenvalue weighted by molar-refractivity contribution is 6.44. The van der Waals surface area contributed by atoms with Gasteiger partial charge in [0, 0.05) is 38.9 Å². The average Bonchev–Trinajstić information content (AvgIpc) is 3.30. The van der Waals surface area contributed by atoms with E-state index in [1.165, 1.54) is 5.01 Å². The highest BCUT2D eigenvalue weighted by atomic mass is 16.5. The largest absolute Gasteiger partial charge is 0.480 e. The maximum Gasteiger partial charge on any atom is 0.328 e. The summed E-state index contributed by atoms with van der Waals surface area (Å²) in [6, 6.07) is 9.68. The van der Waals surface area contributed by atoms with Crippen LogP contribution in [0.1, 0.15) is 12.8 Å². The van der Waals surface area contributed by atoms with Crippen LogP contribution in [0.25, 0.3) is 0 Å². The number of carboxylic acid groups (broad SMARTS) is 1. The van der Waals surface area contributed by atoms with Gasteiger partial charge in [0.05, 0.1) is 5.69 Å². The molecule has 1 unspecified atom stereocenters. The Morgan fingerprint density at radius 3 is 2.78 bits per heavy atom. The Labute approximate surface area is 156 Å². The van der Waals surface area contributed by atoms with Crippen LogP contribution >= 0.6 is 0 Å². The summed E-state index contributed by atoms with van der Waals surface area (Å²) in [6.07, 6.45) is 2.59. The summed E-state index contributed by atoms with van der Waals surface area (Å²) in [5, 5.41) is 22.0. The molecule has 3 rings (SSSR count). The number of hydrogen-bond acceptors (Lipinski definition) is 6. The van der Waals surface area contributed by atoms with Gasteiger partial charge in [-0.15, -0.1) is 0 Å². The lowest BCUT2D eigenvalue weighted by atomic mass is 10.1. The second-order valence-electron chi connectivity index (χ2n) is 6.05. The summed E-state index contributed by atoms with van der Waals surface area (Å²) < 4.78 is 6.71. The summed E-state index contributed by atoms with van der Waals surface area (Å²) in [5.41, 5.74) is 0.773. The van der Waals surface area contributed by atoms with E-state index in [0.29, 0.717) is 24.7 Å². The van der Waals surface area contributed by atoms with Crippen molar-refractivity contribution in [3.63, 3.8) is 0 Å². The van der Waals surface area contributed by atoms with E-state index < -0.39 is 17.9 Å². The third-order valence-electron chi connectivity index (χ3n) is 4.10. The van der Waals surface area contributed by atoms with E-state index in [1.807, 2.05) is 6.07 Å². The number of anilines is 2. The van der Waals surface area contributed by atoms with Gasteiger partial charge in [-0.2, -0.15) is 10.2 Å². The van der Waals surface area contributed by atoms with Gasteiger partial charge in [-0.25, -0.2) is 4.79 Å². The molecule has 2 N–H and O–H groups in total. The summed E-state index contributed by atoms with van der Waals surface area (Å²) >= 11 is 0. The van der Waals surface area contributed by atoms with Crippen LogP contribution in [0.4, 0.5) is 11.5 Å². The van der Waals surface area contributed by atoms with Gasteiger partial charge >= 0.3 is 5.97 Å². The predicted octanol–water partition coefficient (Wildman–Crippen LogP) is 1.58. The molecule has 1 aliphatic heterocycles. The molecule has 1 aromatic carbocycles. The molecule has 9 nitrogen and oxygen atoms in total. The van der Waals surface area contributed by atoms with Crippen LogP contribution in [0.2, 0.25) is 0 Å². The molecule has 0 spiro atoms. The molecule has 1 atom stereocenters. The number of ether oxygens (including phenoxy) is 1. The van der Waals surface area contributed by atoms with E-state index in [2.05, 4.69) is 15.5 Å². The predicted molar refractivity (Wildman–Crippen MR) is 99.7 cm³/mol. The van der Waals surface area contributed by atoms with E-state index in [0.717, 1.165) is 6.42 Å². The van der Waals surface area contributed by atoms with Crippen molar-refractivity contribution < 1.29 is 19.4 Å². The second kappa shape index (κ2) is 8.45. The van der Waals surface area contributed by atoms with E-state index in [-0.39, 0.29) is 12.1 Å². The Morgan fingerprint density at radius 1 is 1.30 bits per heavy atom. The second-order valence-corrected chi connectivity index (χ2v) is 6.05. The Hall–Kier alpha value is -3.20. The quantitative estimate of drug-likeness (QED) is 0.682. The van der Waals surface area contributed by atoms with Gasteiger partial charge in [-0.3, -0.25) is 14.5 Å². The molecule has 0 aliphatic carbocycles. The van der Waals surface area contributed by atoms with Crippen LogP contribution in [-0.4, -0.2) is 52.2 Å². The van der Waals surface area contributed by atoms with Gasteiger partial charge in [0.25, 0.3) is 5.91 Å². The molecule has 0 bridgehead atoms. The fourth-order valence-corrected chi connectivity index (χ4v) is 2.77. The van der Waals surface area contributed by atoms with E-state index >= 15 is 0 Å². The number of para-hydroxylation sites is 1. The number of nitrogens with zero attached hydrogens (tertiary/aromatic N) is 4. The average molecular weight is 371 g/mol. The standard InChI is InChI=1S/C18H21N5O4/c1-27-11-5-9-22-10-8-16(21-22)19-17(24)14-12-15(18(25)26)23(20-14)13-6-3-2-4-7-13/h2-4,6-8,10,15H,5,9,11-12H2,1H3,(H,25,26)(H,19,21,24). The van der Waals surface area contributed by atoms with Crippen molar-refractivity contribution in [2.24, 2.45) is 5.10 Å². The molecule has 1 amide bonds. The number of carbonyl (C=O) groups excluding carboxylic acids is 1. The topological polar surface area (TPSA) is 109 Å².